The summed E-state index contributed by atoms with van der Waals surface area (Å²) in [6.07, 6.45) is 1.51. The quantitative estimate of drug-likeness (QED) is 0.583. The third kappa shape index (κ3) is 2.68. The molecule has 0 aliphatic carbocycles. The van der Waals surface area contributed by atoms with E-state index in [1.807, 2.05) is 0 Å². The summed E-state index contributed by atoms with van der Waals surface area (Å²) in [5, 5.41) is 0. The average molecular weight is 166 g/mol. The van der Waals surface area contributed by atoms with Crippen molar-refractivity contribution in [1.29, 1.82) is 0 Å². The van der Waals surface area contributed by atoms with Crippen LogP contribution in [0.2, 0.25) is 0 Å². The van der Waals surface area contributed by atoms with Crippen LogP contribution in [-0.2, 0) is 5.83 Å². The molecule has 0 radical (unpaired) electrons. The number of nitrogens with zero attached hydrogens (tertiary/aromatic N) is 1. The van der Waals surface area contributed by atoms with Crippen molar-refractivity contribution in [1.82, 2.24) is 4.98 Å². The van der Waals surface area contributed by atoms with Crippen molar-refractivity contribution in [2.75, 3.05) is 0 Å². The molecule has 1 nitrogen and oxygen atoms in total. The van der Waals surface area contributed by atoms with E-state index in [0.29, 0.717) is 0 Å². The second-order valence-electron chi connectivity index (χ2n) is 1.31. The van der Waals surface area contributed by atoms with E-state index < -0.39 is 5.83 Å². The van der Waals surface area contributed by atoms with Crippen LogP contribution in [0.4, 0.5) is 0 Å². The molecule has 50 valence electrons. The average Bonchev–Trinajstić information content (AvgIpc) is 1.88. The van der Waals surface area contributed by atoms with E-state index in [1.54, 1.807) is 18.2 Å². The molecule has 1 aromatic rings. The summed E-state index contributed by atoms with van der Waals surface area (Å²) < 4.78 is 14.1. The molecule has 0 bridgehead atoms. The second-order valence-corrected chi connectivity index (χ2v) is 1.50. The Balaban J connectivity index is 0.000001000. The van der Waals surface area contributed by atoms with Gasteiger partial charge >= 0.3 is 0 Å². The number of aromatic nitrogens is 1. The van der Waals surface area contributed by atoms with E-state index in [1.165, 1.54) is 6.20 Å². The zero-order valence-electron chi connectivity index (χ0n) is 6.54. The molecule has 0 N–H and O–H groups in total. The van der Waals surface area contributed by atoms with Crippen LogP contribution in [0.25, 0.3) is 0 Å². The van der Waals surface area contributed by atoms with Gasteiger partial charge in [-0.25, -0.2) is 0 Å². The van der Waals surface area contributed by atoms with Crippen LogP contribution in [0.5, 0.6) is 0 Å². The van der Waals surface area contributed by atoms with Crippen LogP contribution in [0.1, 0.15) is 8.44 Å². The van der Waals surface area contributed by atoms with Crippen LogP contribution in [0.3, 0.4) is 0 Å². The summed E-state index contributed by atoms with van der Waals surface area (Å²) in [7, 11) is 0. The first-order chi connectivity index (χ1) is 4.61. The summed E-state index contributed by atoms with van der Waals surface area (Å²) in [6, 6.07) is 4.96. The molecule has 9 heavy (non-hydrogen) atoms. The van der Waals surface area contributed by atoms with Crippen LogP contribution in [0, 0.1) is 0 Å². The standard InChI is InChI=1S/C6H6ClN.ClH/c7-5-6-3-1-2-4-8-6;/h1-4H,5H2;1H/i5D2;. The highest BCUT2D eigenvalue weighted by Crippen LogP contribution is 1.95. The van der Waals surface area contributed by atoms with Gasteiger partial charge in [0.1, 0.15) is 0 Å². The van der Waals surface area contributed by atoms with Gasteiger partial charge in [-0.1, -0.05) is 6.07 Å². The Kier molecular flexibility index (Phi) is 2.81. The van der Waals surface area contributed by atoms with Gasteiger partial charge in [0.05, 0.1) is 14.3 Å². The number of hydrogen-bond donors (Lipinski definition) is 0. The molecule has 0 atom stereocenters. The first kappa shape index (κ1) is 5.51. The van der Waals surface area contributed by atoms with E-state index in [4.69, 9.17) is 14.3 Å². The molecular formula is C6H7Cl2N. The molecule has 0 saturated carbocycles. The first-order valence-electron chi connectivity index (χ1n) is 3.21. The lowest BCUT2D eigenvalue weighted by Crippen LogP contribution is -1.79. The predicted octanol–water partition coefficient (Wildman–Crippen LogP) is 2.24. The Bertz CT molecular complexity index is 210. The minimum Gasteiger partial charge on any atom is -0.260 e. The number of rotatable bonds is 1. The maximum Gasteiger partial charge on any atom is 0.0647 e. The first-order valence-corrected chi connectivity index (χ1v) is 2.59. The van der Waals surface area contributed by atoms with Crippen molar-refractivity contribution in [2.24, 2.45) is 0 Å². The van der Waals surface area contributed by atoms with E-state index >= 15 is 0 Å². The van der Waals surface area contributed by atoms with E-state index in [-0.39, 0.29) is 18.1 Å². The molecule has 3 heteroatoms. The molecule has 0 aromatic carbocycles. The lowest BCUT2D eigenvalue weighted by Gasteiger charge is -1.87. The summed E-state index contributed by atoms with van der Waals surface area (Å²) in [5.41, 5.74) is 0.247. The lowest BCUT2D eigenvalue weighted by molar-refractivity contribution is 1.17. The van der Waals surface area contributed by atoms with Gasteiger partial charge in [-0.05, 0) is 12.1 Å². The van der Waals surface area contributed by atoms with E-state index in [2.05, 4.69) is 4.98 Å². The Morgan fingerprint density at radius 3 is 2.78 bits per heavy atom. The topological polar surface area (TPSA) is 12.9 Å². The number of halogens is 2. The van der Waals surface area contributed by atoms with Gasteiger partial charge in [0, 0.05) is 6.20 Å². The summed E-state index contributed by atoms with van der Waals surface area (Å²) >= 11 is 5.33. The smallest absolute Gasteiger partial charge is 0.0647 e. The lowest BCUT2D eigenvalue weighted by atomic mass is 10.4. The largest absolute Gasteiger partial charge is 0.260 e. The molecular weight excluding hydrogens is 157 g/mol. The monoisotopic (exact) mass is 165 g/mol. The Hall–Kier alpha value is -0.270. The fourth-order valence-corrected chi connectivity index (χ4v) is 0.530. The van der Waals surface area contributed by atoms with Gasteiger partial charge in [0.15, 0.2) is 0 Å². The molecule has 0 aliphatic rings. The zero-order chi connectivity index (χ0) is 7.61. The zero-order valence-corrected chi connectivity index (χ0v) is 6.12. The molecule has 1 aromatic heterocycles. The molecule has 1 heterocycles. The third-order valence-corrected chi connectivity index (χ3v) is 0.955. The molecule has 0 saturated heterocycles. The fraction of sp³-hybridized carbons (Fsp3) is 0.167. The number of hydrogen-bond acceptors (Lipinski definition) is 1. The SMILES string of the molecule is Cl.[2H]C([2H])(Cl)c1ccccn1. The molecule has 0 amide bonds. The molecule has 0 aliphatic heterocycles. The highest BCUT2D eigenvalue weighted by Gasteiger charge is 1.83. The summed E-state index contributed by atoms with van der Waals surface area (Å²) in [5.74, 6) is -1.85. The Labute approximate surface area is 68.3 Å². The maximum atomic E-state index is 7.04. The number of alkyl halides is 1. The van der Waals surface area contributed by atoms with Crippen molar-refractivity contribution in [3.05, 3.63) is 30.1 Å². The molecule has 0 unspecified atom stereocenters. The predicted molar refractivity (Wildman–Crippen MR) is 41.0 cm³/mol. The molecule has 0 spiro atoms. The van der Waals surface area contributed by atoms with Gasteiger partial charge in [-0.15, -0.1) is 24.0 Å². The van der Waals surface area contributed by atoms with Gasteiger partial charge < -0.3 is 0 Å². The number of pyridine rings is 1. The van der Waals surface area contributed by atoms with Crippen LogP contribution in [-0.4, -0.2) is 4.98 Å². The minimum absolute atomic E-state index is 0. The van der Waals surface area contributed by atoms with E-state index in [0.717, 1.165) is 0 Å². The van der Waals surface area contributed by atoms with Crippen LogP contribution >= 0.6 is 24.0 Å². The van der Waals surface area contributed by atoms with Gasteiger partial charge in [-0.2, -0.15) is 0 Å². The third-order valence-electron chi connectivity index (χ3n) is 0.762. The van der Waals surface area contributed by atoms with Crippen molar-refractivity contribution in [3.8, 4) is 0 Å². The van der Waals surface area contributed by atoms with Gasteiger partial charge in [0.25, 0.3) is 0 Å². The Morgan fingerprint density at radius 2 is 2.44 bits per heavy atom. The highest BCUT2D eigenvalue weighted by molar-refractivity contribution is 6.16. The maximum absolute atomic E-state index is 7.04. The Morgan fingerprint density at radius 1 is 1.67 bits per heavy atom. The van der Waals surface area contributed by atoms with Gasteiger partial charge in [-0.3, -0.25) is 4.98 Å². The summed E-state index contributed by atoms with van der Waals surface area (Å²) in [6.45, 7) is 0. The van der Waals surface area contributed by atoms with Crippen molar-refractivity contribution in [3.63, 3.8) is 0 Å². The van der Waals surface area contributed by atoms with Crippen LogP contribution in [0.15, 0.2) is 24.4 Å². The molecule has 0 fully saturated rings. The highest BCUT2D eigenvalue weighted by atomic mass is 35.5. The minimum atomic E-state index is -1.85. The van der Waals surface area contributed by atoms with E-state index in [9.17, 15) is 0 Å². The fourth-order valence-electron chi connectivity index (χ4n) is 0.419. The second kappa shape index (κ2) is 4.59. The van der Waals surface area contributed by atoms with Crippen molar-refractivity contribution < 1.29 is 2.74 Å². The van der Waals surface area contributed by atoms with Crippen molar-refractivity contribution >= 4 is 24.0 Å². The van der Waals surface area contributed by atoms with Crippen LogP contribution < -0.4 is 0 Å². The normalized spacial score (nSPS) is 13.0. The van der Waals surface area contributed by atoms with Gasteiger partial charge in [0.2, 0.25) is 0 Å². The molecule has 1 rings (SSSR count). The van der Waals surface area contributed by atoms with Crippen molar-refractivity contribution in [2.45, 2.75) is 5.83 Å². The summed E-state index contributed by atoms with van der Waals surface area (Å²) in [4.78, 5) is 3.74.